The van der Waals surface area contributed by atoms with Gasteiger partial charge < -0.3 is 9.64 Å². The third-order valence-electron chi connectivity index (χ3n) is 3.65. The number of hydrogen-bond acceptors (Lipinski definition) is 6. The number of alkyl halides is 6. The lowest BCUT2D eigenvalue weighted by molar-refractivity contribution is -0.161. The van der Waals surface area contributed by atoms with Crippen LogP contribution in [0.2, 0.25) is 0 Å². The number of ether oxygens (including phenoxy) is 1. The molecule has 0 radical (unpaired) electrons. The van der Waals surface area contributed by atoms with Crippen LogP contribution in [0.3, 0.4) is 0 Å². The lowest BCUT2D eigenvalue weighted by Gasteiger charge is -2.43. The Balaban J connectivity index is 2.26. The van der Waals surface area contributed by atoms with Crippen LogP contribution in [0.25, 0.3) is 0 Å². The molecule has 2 heterocycles. The van der Waals surface area contributed by atoms with Crippen molar-refractivity contribution < 1.29 is 35.9 Å². The first kappa shape index (κ1) is 21.2. The van der Waals surface area contributed by atoms with Crippen molar-refractivity contribution in [1.82, 2.24) is 4.90 Å². The maximum atomic E-state index is 12.7. The summed E-state index contributed by atoms with van der Waals surface area (Å²) < 4.78 is 63.1. The lowest BCUT2D eigenvalue weighted by atomic mass is 9.98. The van der Waals surface area contributed by atoms with Crippen LogP contribution in [0, 0.1) is 0 Å². The summed E-state index contributed by atoms with van der Waals surface area (Å²) in [5, 5.41) is -3.64. The van der Waals surface area contributed by atoms with Gasteiger partial charge in [0.25, 0.3) is 9.84 Å². The molecule has 0 N–H and O–H groups in total. The number of hydrogen-bond donors (Lipinski definition) is 0. The Hall–Kier alpha value is -0.100. The van der Waals surface area contributed by atoms with Crippen LogP contribution >= 0.6 is 46.6 Å². The summed E-state index contributed by atoms with van der Waals surface area (Å²) in [6.45, 7) is 2.31. The molecule has 6 nitrogen and oxygen atoms in total. The van der Waals surface area contributed by atoms with Crippen molar-refractivity contribution in [2.45, 2.75) is 44.6 Å². The summed E-state index contributed by atoms with van der Waals surface area (Å²) in [5.41, 5.74) is -5.57. The average molecular weight is 465 g/mol. The Kier molecular flexibility index (Phi) is 5.27. The van der Waals surface area contributed by atoms with Crippen molar-refractivity contribution in [3.05, 3.63) is 0 Å². The number of rotatable bonds is 3. The van der Waals surface area contributed by atoms with Gasteiger partial charge in [-0.2, -0.15) is 13.2 Å². The monoisotopic (exact) mass is 463 g/mol. The van der Waals surface area contributed by atoms with Crippen molar-refractivity contribution in [1.29, 1.82) is 0 Å². The van der Waals surface area contributed by atoms with Gasteiger partial charge in [-0.3, -0.25) is 4.79 Å². The predicted molar refractivity (Wildman–Crippen MR) is 86.1 cm³/mol. The topological polar surface area (TPSA) is 80.8 Å². The number of carbonyl (C=O) groups is 2. The Bertz CT molecular complexity index is 707. The highest BCUT2D eigenvalue weighted by Crippen LogP contribution is 2.54. The van der Waals surface area contributed by atoms with Gasteiger partial charge in [-0.05, 0) is 13.8 Å². The van der Waals surface area contributed by atoms with Gasteiger partial charge in [0.1, 0.15) is 18.0 Å². The highest BCUT2D eigenvalue weighted by molar-refractivity contribution is 8.03. The fraction of sp³-hybridized carbons (Fsp3) is 0.818. The van der Waals surface area contributed by atoms with Crippen LogP contribution in [0.4, 0.5) is 13.2 Å². The lowest BCUT2D eigenvalue weighted by Crippen LogP contribution is -2.69. The zero-order valence-electron chi connectivity index (χ0n) is 12.5. The van der Waals surface area contributed by atoms with Gasteiger partial charge >= 0.3 is 11.5 Å². The van der Waals surface area contributed by atoms with Crippen LogP contribution < -0.4 is 0 Å². The van der Waals surface area contributed by atoms with Gasteiger partial charge in [0.2, 0.25) is 9.70 Å². The van der Waals surface area contributed by atoms with Crippen molar-refractivity contribution in [3.63, 3.8) is 0 Å². The first-order valence-corrected chi connectivity index (χ1v) is 10.1. The van der Waals surface area contributed by atoms with Crippen LogP contribution in [0.15, 0.2) is 0 Å². The minimum absolute atomic E-state index is 0.634. The van der Waals surface area contributed by atoms with E-state index in [-0.39, 0.29) is 0 Å². The van der Waals surface area contributed by atoms with E-state index in [1.807, 2.05) is 0 Å². The first-order valence-electron chi connectivity index (χ1n) is 6.54. The minimum atomic E-state index is -5.71. The molecular weight excluding hydrogens is 454 g/mol. The second-order valence-electron chi connectivity index (χ2n) is 5.89. The number of thioether (sulfide) groups is 1. The number of fused-ring (bicyclic) bond motifs is 1. The molecule has 3 atom stereocenters. The zero-order valence-corrected chi connectivity index (χ0v) is 16.4. The molecule has 0 unspecified atom stereocenters. The van der Waals surface area contributed by atoms with Gasteiger partial charge in [-0.1, -0.05) is 34.8 Å². The first-order chi connectivity index (χ1) is 11.0. The fourth-order valence-corrected chi connectivity index (χ4v) is 6.04. The Morgan fingerprint density at radius 3 is 2.28 bits per heavy atom. The molecule has 0 saturated carbocycles. The van der Waals surface area contributed by atoms with E-state index in [2.05, 4.69) is 0 Å². The number of carbonyl (C=O) groups excluding carboxylic acids is 2. The summed E-state index contributed by atoms with van der Waals surface area (Å²) >= 11 is 17.1. The maximum absolute atomic E-state index is 12.7. The van der Waals surface area contributed by atoms with Crippen LogP contribution in [0.1, 0.15) is 13.8 Å². The van der Waals surface area contributed by atoms with Gasteiger partial charge in [-0.15, -0.1) is 11.8 Å². The molecule has 0 spiro atoms. The van der Waals surface area contributed by atoms with E-state index in [4.69, 9.17) is 39.5 Å². The van der Waals surface area contributed by atoms with E-state index in [1.54, 1.807) is 0 Å². The number of amides is 1. The van der Waals surface area contributed by atoms with Gasteiger partial charge in [0.15, 0.2) is 5.25 Å². The molecule has 0 aromatic carbocycles. The van der Waals surface area contributed by atoms with Gasteiger partial charge in [-0.25, -0.2) is 13.2 Å². The van der Waals surface area contributed by atoms with Gasteiger partial charge in [0.05, 0.1) is 0 Å². The van der Waals surface area contributed by atoms with Crippen LogP contribution in [-0.2, 0) is 24.2 Å². The van der Waals surface area contributed by atoms with E-state index < -0.39 is 59.0 Å². The number of halogens is 6. The third kappa shape index (κ3) is 3.67. The molecule has 2 rings (SSSR count). The molecule has 0 aromatic heterocycles. The normalized spacial score (nSPS) is 29.2. The second kappa shape index (κ2) is 6.22. The standard InChI is InChI=1S/C11H11Cl3F3NO5S2/c1-9(2)5(8(20)23-3-10(12,13)14)18-6(19)4(7(18)24-9)25(21,22)11(15,16)17/h4-5,7H,3H2,1-2H3/t4-,5+,7-/m1/s1. The van der Waals surface area contributed by atoms with Crippen molar-refractivity contribution in [2.75, 3.05) is 6.61 Å². The second-order valence-corrected chi connectivity index (χ2v) is 12.2. The van der Waals surface area contributed by atoms with Gasteiger partial charge in [0, 0.05) is 4.75 Å². The third-order valence-corrected chi connectivity index (χ3v) is 7.49. The predicted octanol–water partition coefficient (Wildman–Crippen LogP) is 2.27. The minimum Gasteiger partial charge on any atom is -0.460 e. The van der Waals surface area contributed by atoms with Crippen molar-refractivity contribution >= 4 is 68.3 Å². The average Bonchev–Trinajstić information content (AvgIpc) is 2.61. The van der Waals surface area contributed by atoms with E-state index in [0.717, 1.165) is 16.7 Å². The molecule has 1 amide bonds. The molecule has 144 valence electrons. The Morgan fingerprint density at radius 2 is 1.84 bits per heavy atom. The molecule has 0 aliphatic carbocycles. The Labute approximate surface area is 160 Å². The van der Waals surface area contributed by atoms with E-state index in [1.165, 1.54) is 13.8 Å². The molecule has 25 heavy (non-hydrogen) atoms. The highest BCUT2D eigenvalue weighted by Gasteiger charge is 2.71. The molecule has 14 heteroatoms. The molecule has 2 fully saturated rings. The molecule has 2 aliphatic rings. The fourth-order valence-electron chi connectivity index (χ4n) is 2.62. The number of β-lactam (4-membered cyclic amide) rings is 1. The van der Waals surface area contributed by atoms with Crippen LogP contribution in [0.5, 0.6) is 0 Å². The number of sulfone groups is 1. The summed E-state index contributed by atoms with van der Waals surface area (Å²) in [4.78, 5) is 25.1. The summed E-state index contributed by atoms with van der Waals surface area (Å²) in [6.07, 6.45) is 0. The summed E-state index contributed by atoms with van der Waals surface area (Å²) in [6, 6.07) is -1.30. The van der Waals surface area contributed by atoms with Crippen LogP contribution in [-0.4, -0.2) is 62.5 Å². The quantitative estimate of drug-likeness (QED) is 0.362. The van der Waals surface area contributed by atoms with Crippen molar-refractivity contribution in [2.24, 2.45) is 0 Å². The summed E-state index contributed by atoms with van der Waals surface area (Å²) in [5.74, 6) is -2.31. The molecular formula is C11H11Cl3F3NO5S2. The SMILES string of the molecule is CC1(C)S[C@@H]2[C@H](S(=O)(=O)C(F)(F)F)C(=O)N2[C@H]1C(=O)OCC(Cl)(Cl)Cl. The molecule has 0 bridgehead atoms. The van der Waals surface area contributed by atoms with Crippen molar-refractivity contribution in [3.8, 4) is 0 Å². The van der Waals surface area contributed by atoms with E-state index in [0.29, 0.717) is 0 Å². The number of nitrogens with zero attached hydrogens (tertiary/aromatic N) is 1. The molecule has 2 saturated heterocycles. The largest absolute Gasteiger partial charge is 0.498 e. The molecule has 0 aromatic rings. The zero-order chi connectivity index (χ0) is 19.6. The van der Waals surface area contributed by atoms with E-state index >= 15 is 0 Å². The highest BCUT2D eigenvalue weighted by atomic mass is 35.6. The number of esters is 1. The smallest absolute Gasteiger partial charge is 0.460 e. The Morgan fingerprint density at radius 1 is 1.32 bits per heavy atom. The summed E-state index contributed by atoms with van der Waals surface area (Å²) in [7, 11) is -5.71. The maximum Gasteiger partial charge on any atom is 0.498 e. The van der Waals surface area contributed by atoms with E-state index in [9.17, 15) is 31.2 Å². The molecule has 2 aliphatic heterocycles.